The number of carbonyl (C=O) groups excluding carboxylic acids is 1. The summed E-state index contributed by atoms with van der Waals surface area (Å²) in [5.41, 5.74) is 2.85. The number of fused-ring (bicyclic) bond motifs is 2. The van der Waals surface area contributed by atoms with Crippen molar-refractivity contribution in [2.45, 2.75) is 26.5 Å². The third kappa shape index (κ3) is 2.94. The summed E-state index contributed by atoms with van der Waals surface area (Å²) in [5.74, 6) is 0.539. The number of para-hydroxylation sites is 2. The van der Waals surface area contributed by atoms with Gasteiger partial charge in [0.25, 0.3) is 0 Å². The van der Waals surface area contributed by atoms with Crippen LogP contribution in [-0.4, -0.2) is 15.5 Å². The first-order valence-corrected chi connectivity index (χ1v) is 8.72. The van der Waals surface area contributed by atoms with Gasteiger partial charge in [-0.25, -0.2) is 4.98 Å². The Hall–Kier alpha value is -3.14. The molecule has 0 N–H and O–H groups in total. The fourth-order valence-corrected chi connectivity index (χ4v) is 3.43. The fourth-order valence-electron chi connectivity index (χ4n) is 3.43. The van der Waals surface area contributed by atoms with Gasteiger partial charge in [0.15, 0.2) is 0 Å². The number of benzene rings is 3. The van der Waals surface area contributed by atoms with Gasteiger partial charge in [0.05, 0.1) is 11.0 Å². The SMILES string of the molecule is Cc1nc2ccccc2n1CC(=O)OC(C)c1cccc2ccccc12. The Morgan fingerprint density at radius 1 is 1.04 bits per heavy atom. The minimum absolute atomic E-state index is 0.154. The first-order chi connectivity index (χ1) is 12.6. The molecule has 0 aliphatic heterocycles. The van der Waals surface area contributed by atoms with Gasteiger partial charge in [-0.05, 0) is 42.3 Å². The number of aryl methyl sites for hydroxylation is 1. The maximum absolute atomic E-state index is 12.6. The standard InChI is InChI=1S/C22H20N2O2/c1-15(18-11-7-9-17-8-3-4-10-19(17)18)26-22(25)14-24-16(2)23-20-12-5-6-13-21(20)24/h3-13,15H,14H2,1-2H3. The summed E-state index contributed by atoms with van der Waals surface area (Å²) in [6, 6.07) is 22.0. The number of ether oxygens (including phenoxy) is 1. The number of aromatic nitrogens is 2. The first-order valence-electron chi connectivity index (χ1n) is 8.72. The smallest absolute Gasteiger partial charge is 0.326 e. The highest BCUT2D eigenvalue weighted by Gasteiger charge is 2.16. The Morgan fingerprint density at radius 2 is 1.77 bits per heavy atom. The number of esters is 1. The second-order valence-corrected chi connectivity index (χ2v) is 6.43. The number of hydrogen-bond acceptors (Lipinski definition) is 3. The molecule has 4 aromatic rings. The van der Waals surface area contributed by atoms with E-state index in [2.05, 4.69) is 23.2 Å². The molecule has 26 heavy (non-hydrogen) atoms. The van der Waals surface area contributed by atoms with E-state index in [0.717, 1.165) is 33.2 Å². The number of nitrogens with zero attached hydrogens (tertiary/aromatic N) is 2. The molecule has 1 unspecified atom stereocenters. The lowest BCUT2D eigenvalue weighted by molar-refractivity contribution is -0.149. The van der Waals surface area contributed by atoms with Crippen LogP contribution in [0.1, 0.15) is 24.4 Å². The molecule has 0 amide bonds. The van der Waals surface area contributed by atoms with Crippen LogP contribution < -0.4 is 0 Å². The lowest BCUT2D eigenvalue weighted by Gasteiger charge is -2.16. The quantitative estimate of drug-likeness (QED) is 0.499. The molecular formula is C22H20N2O2. The molecule has 0 bridgehead atoms. The van der Waals surface area contributed by atoms with Crippen molar-refractivity contribution in [3.05, 3.63) is 78.1 Å². The van der Waals surface area contributed by atoms with Crippen LogP contribution in [0.4, 0.5) is 0 Å². The summed E-state index contributed by atoms with van der Waals surface area (Å²) < 4.78 is 7.63. The lowest BCUT2D eigenvalue weighted by atomic mass is 10.0. The highest BCUT2D eigenvalue weighted by atomic mass is 16.5. The second kappa shape index (κ2) is 6.64. The minimum Gasteiger partial charge on any atom is -0.456 e. The molecule has 0 fully saturated rings. The summed E-state index contributed by atoms with van der Waals surface area (Å²) in [5, 5.41) is 2.25. The molecule has 130 valence electrons. The van der Waals surface area contributed by atoms with E-state index in [1.165, 1.54) is 0 Å². The van der Waals surface area contributed by atoms with Crippen LogP contribution in [0.2, 0.25) is 0 Å². The third-order valence-electron chi connectivity index (χ3n) is 4.70. The van der Waals surface area contributed by atoms with E-state index in [9.17, 15) is 4.79 Å². The Labute approximate surface area is 152 Å². The van der Waals surface area contributed by atoms with Crippen molar-refractivity contribution < 1.29 is 9.53 Å². The number of carbonyl (C=O) groups is 1. The van der Waals surface area contributed by atoms with Gasteiger partial charge in [-0.2, -0.15) is 0 Å². The zero-order chi connectivity index (χ0) is 18.1. The molecule has 0 spiro atoms. The van der Waals surface area contributed by atoms with Crippen LogP contribution in [0.15, 0.2) is 66.7 Å². The van der Waals surface area contributed by atoms with Crippen molar-refractivity contribution in [1.82, 2.24) is 9.55 Å². The lowest BCUT2D eigenvalue weighted by Crippen LogP contribution is -2.16. The van der Waals surface area contributed by atoms with Crippen LogP contribution in [0.5, 0.6) is 0 Å². The Bertz CT molecular complexity index is 1090. The van der Waals surface area contributed by atoms with Gasteiger partial charge in [0.1, 0.15) is 18.5 Å². The summed E-state index contributed by atoms with van der Waals surface area (Å²) >= 11 is 0. The van der Waals surface area contributed by atoms with Gasteiger partial charge in [0, 0.05) is 0 Å². The van der Waals surface area contributed by atoms with E-state index in [1.54, 1.807) is 0 Å². The molecule has 0 aliphatic rings. The van der Waals surface area contributed by atoms with Crippen molar-refractivity contribution in [2.24, 2.45) is 0 Å². The average Bonchev–Trinajstić information content (AvgIpc) is 2.96. The average molecular weight is 344 g/mol. The molecule has 0 saturated carbocycles. The maximum Gasteiger partial charge on any atom is 0.326 e. The van der Waals surface area contributed by atoms with Crippen molar-refractivity contribution in [1.29, 1.82) is 0 Å². The van der Waals surface area contributed by atoms with Gasteiger partial charge >= 0.3 is 5.97 Å². The Balaban J connectivity index is 1.57. The zero-order valence-corrected chi connectivity index (χ0v) is 14.8. The van der Waals surface area contributed by atoms with Gasteiger partial charge in [-0.1, -0.05) is 54.6 Å². The van der Waals surface area contributed by atoms with E-state index in [1.807, 2.05) is 66.9 Å². The molecule has 0 radical (unpaired) electrons. The normalized spacial score (nSPS) is 12.4. The van der Waals surface area contributed by atoms with Crippen LogP contribution in [0.25, 0.3) is 21.8 Å². The fraction of sp³-hybridized carbons (Fsp3) is 0.182. The van der Waals surface area contributed by atoms with Crippen molar-refractivity contribution in [2.75, 3.05) is 0 Å². The Kier molecular flexibility index (Phi) is 4.17. The predicted octanol–water partition coefficient (Wildman–Crippen LogP) is 4.80. The third-order valence-corrected chi connectivity index (χ3v) is 4.70. The maximum atomic E-state index is 12.6. The van der Waals surface area contributed by atoms with E-state index >= 15 is 0 Å². The molecule has 4 nitrogen and oxygen atoms in total. The second-order valence-electron chi connectivity index (χ2n) is 6.43. The van der Waals surface area contributed by atoms with Crippen LogP contribution in [-0.2, 0) is 16.1 Å². The van der Waals surface area contributed by atoms with Gasteiger partial charge < -0.3 is 9.30 Å². The zero-order valence-electron chi connectivity index (χ0n) is 14.8. The molecule has 3 aromatic carbocycles. The summed E-state index contributed by atoms with van der Waals surface area (Å²) in [6.45, 7) is 3.97. The van der Waals surface area contributed by atoms with Crippen LogP contribution >= 0.6 is 0 Å². The number of rotatable bonds is 4. The highest BCUT2D eigenvalue weighted by Crippen LogP contribution is 2.26. The van der Waals surface area contributed by atoms with Crippen molar-refractivity contribution >= 4 is 27.8 Å². The van der Waals surface area contributed by atoms with E-state index in [4.69, 9.17) is 4.74 Å². The molecule has 1 aromatic heterocycles. The van der Waals surface area contributed by atoms with Crippen LogP contribution in [0.3, 0.4) is 0 Å². The summed E-state index contributed by atoms with van der Waals surface area (Å²) in [6.07, 6.45) is -0.316. The molecule has 1 heterocycles. The highest BCUT2D eigenvalue weighted by molar-refractivity contribution is 5.86. The van der Waals surface area contributed by atoms with Crippen LogP contribution in [0, 0.1) is 6.92 Å². The van der Waals surface area contributed by atoms with Crippen molar-refractivity contribution in [3.8, 4) is 0 Å². The van der Waals surface area contributed by atoms with Gasteiger partial charge in [-0.15, -0.1) is 0 Å². The van der Waals surface area contributed by atoms with Gasteiger partial charge in [-0.3, -0.25) is 4.79 Å². The first kappa shape index (κ1) is 16.3. The summed E-state index contributed by atoms with van der Waals surface area (Å²) in [4.78, 5) is 17.1. The molecule has 0 aliphatic carbocycles. The predicted molar refractivity (Wildman–Crippen MR) is 103 cm³/mol. The molecule has 4 rings (SSSR count). The number of imidazole rings is 1. The van der Waals surface area contributed by atoms with E-state index in [-0.39, 0.29) is 18.6 Å². The number of hydrogen-bond donors (Lipinski definition) is 0. The molecular weight excluding hydrogens is 324 g/mol. The van der Waals surface area contributed by atoms with E-state index < -0.39 is 0 Å². The topological polar surface area (TPSA) is 44.1 Å². The molecule has 4 heteroatoms. The summed E-state index contributed by atoms with van der Waals surface area (Å²) in [7, 11) is 0. The monoisotopic (exact) mass is 344 g/mol. The minimum atomic E-state index is -0.316. The molecule has 0 saturated heterocycles. The molecule has 1 atom stereocenters. The Morgan fingerprint density at radius 3 is 2.65 bits per heavy atom. The largest absolute Gasteiger partial charge is 0.456 e. The van der Waals surface area contributed by atoms with Crippen molar-refractivity contribution in [3.63, 3.8) is 0 Å². The van der Waals surface area contributed by atoms with Gasteiger partial charge in [0.2, 0.25) is 0 Å². The van der Waals surface area contributed by atoms with E-state index in [0.29, 0.717) is 0 Å².